The van der Waals surface area contributed by atoms with Crippen molar-refractivity contribution in [2.75, 3.05) is 0 Å². The molecule has 0 spiro atoms. The van der Waals surface area contributed by atoms with E-state index in [4.69, 9.17) is 0 Å². The van der Waals surface area contributed by atoms with Crippen LogP contribution >= 0.6 is 0 Å². The van der Waals surface area contributed by atoms with E-state index < -0.39 is 17.3 Å². The van der Waals surface area contributed by atoms with Crippen molar-refractivity contribution in [3.63, 3.8) is 0 Å². The lowest BCUT2D eigenvalue weighted by Gasteiger charge is -2.49. The van der Waals surface area contributed by atoms with Crippen molar-refractivity contribution < 1.29 is 14.7 Å². The maximum atomic E-state index is 14.3. The molecule has 0 fully saturated rings. The molecule has 0 radical (unpaired) electrons. The lowest BCUT2D eigenvalue weighted by Crippen LogP contribution is -2.54. The van der Waals surface area contributed by atoms with Gasteiger partial charge in [-0.2, -0.15) is 0 Å². The van der Waals surface area contributed by atoms with Crippen LogP contribution in [0.4, 0.5) is 0 Å². The monoisotopic (exact) mass is 432 g/mol. The van der Waals surface area contributed by atoms with Gasteiger partial charge in [-0.1, -0.05) is 91.5 Å². The molecule has 0 aromatic heterocycles. The number of fused-ring (bicyclic) bond motifs is 1. The number of hydrogen-bond acceptors (Lipinski definition) is 3. The average Bonchev–Trinajstić information content (AvgIpc) is 2.87. The summed E-state index contributed by atoms with van der Waals surface area (Å²) < 4.78 is 0. The van der Waals surface area contributed by atoms with Gasteiger partial charge in [0.25, 0.3) is 0 Å². The maximum Gasteiger partial charge on any atom is 0.168 e. The summed E-state index contributed by atoms with van der Waals surface area (Å²) in [5, 5.41) is 9.88. The predicted octanol–water partition coefficient (Wildman–Crippen LogP) is 5.78. The molecule has 0 heterocycles. The van der Waals surface area contributed by atoms with Gasteiger partial charge in [-0.15, -0.1) is 0 Å². The summed E-state index contributed by atoms with van der Waals surface area (Å²) in [6, 6.07) is 25.9. The first-order valence-corrected chi connectivity index (χ1v) is 11.1. The van der Waals surface area contributed by atoms with Crippen LogP contribution in [-0.2, 0) is 15.0 Å². The Labute approximate surface area is 193 Å². The number of Topliss-reactive ketones (excluding diaryl/α,β-unsaturated/α-hetero) is 1. The Bertz CT molecular complexity index is 1280. The Morgan fingerprint density at radius 1 is 0.879 bits per heavy atom. The zero-order valence-electron chi connectivity index (χ0n) is 18.1. The summed E-state index contributed by atoms with van der Waals surface area (Å²) in [5.74, 6) is -0.895. The second kappa shape index (κ2) is 8.18. The first-order valence-electron chi connectivity index (χ1n) is 11.1. The fraction of sp³-hybridized carbons (Fsp3) is 0.133. The van der Waals surface area contributed by atoms with Crippen molar-refractivity contribution in [2.45, 2.75) is 17.8 Å². The maximum absolute atomic E-state index is 14.3. The molecule has 3 nitrogen and oxygen atoms in total. The first-order chi connectivity index (χ1) is 16.1. The summed E-state index contributed by atoms with van der Waals surface area (Å²) in [6.45, 7) is 4.02. The molecule has 2 aliphatic rings. The summed E-state index contributed by atoms with van der Waals surface area (Å²) in [4.78, 5) is 28.2. The molecule has 162 valence electrons. The van der Waals surface area contributed by atoms with Gasteiger partial charge in [0.1, 0.15) is 5.75 Å². The second-order valence-electron chi connectivity index (χ2n) is 8.61. The minimum atomic E-state index is -1.09. The number of phenols is 1. The SMILES string of the molecule is C=CC1=CC[C@H]2C(=O)C(c3ccccc3)=CC(=O)[C@@]2(c2ccccc2)[C@H]1c1ccc(O)cc1. The van der Waals surface area contributed by atoms with E-state index in [9.17, 15) is 14.7 Å². The van der Waals surface area contributed by atoms with Gasteiger partial charge in [0.05, 0.1) is 5.41 Å². The number of carbonyl (C=O) groups excluding carboxylic acids is 2. The second-order valence-corrected chi connectivity index (χ2v) is 8.61. The van der Waals surface area contributed by atoms with Crippen molar-refractivity contribution in [1.82, 2.24) is 0 Å². The number of rotatable bonds is 4. The van der Waals surface area contributed by atoms with Crippen LogP contribution in [0.15, 0.2) is 115 Å². The van der Waals surface area contributed by atoms with Crippen molar-refractivity contribution in [3.05, 3.63) is 132 Å². The molecule has 3 atom stereocenters. The quantitative estimate of drug-likeness (QED) is 0.568. The minimum Gasteiger partial charge on any atom is -0.508 e. The molecule has 3 aromatic rings. The molecule has 0 saturated heterocycles. The van der Waals surface area contributed by atoms with E-state index in [1.165, 1.54) is 0 Å². The molecule has 2 aliphatic carbocycles. The highest BCUT2D eigenvalue weighted by Gasteiger charge is 2.59. The lowest BCUT2D eigenvalue weighted by atomic mass is 9.50. The number of carbonyl (C=O) groups is 2. The third kappa shape index (κ3) is 3.20. The van der Waals surface area contributed by atoms with Crippen molar-refractivity contribution in [3.8, 4) is 5.75 Å². The van der Waals surface area contributed by atoms with E-state index in [1.54, 1.807) is 24.3 Å². The minimum absolute atomic E-state index is 0.0206. The van der Waals surface area contributed by atoms with Crippen molar-refractivity contribution >= 4 is 17.1 Å². The van der Waals surface area contributed by atoms with Crippen LogP contribution in [0.3, 0.4) is 0 Å². The Morgan fingerprint density at radius 2 is 1.52 bits per heavy atom. The highest BCUT2D eigenvalue weighted by Crippen LogP contribution is 2.57. The number of hydrogen-bond donors (Lipinski definition) is 1. The molecule has 0 unspecified atom stereocenters. The smallest absolute Gasteiger partial charge is 0.168 e. The molecule has 5 rings (SSSR count). The van der Waals surface area contributed by atoms with E-state index in [0.29, 0.717) is 12.0 Å². The Morgan fingerprint density at radius 3 is 2.15 bits per heavy atom. The molecule has 3 heteroatoms. The van der Waals surface area contributed by atoms with E-state index in [1.807, 2.05) is 78.9 Å². The van der Waals surface area contributed by atoms with Crippen LogP contribution in [0.5, 0.6) is 5.75 Å². The normalized spacial score (nSPS) is 24.5. The summed E-state index contributed by atoms with van der Waals surface area (Å²) in [5.41, 5.74) is 2.74. The van der Waals surface area contributed by atoms with E-state index in [0.717, 1.165) is 22.3 Å². The first kappa shape index (κ1) is 20.9. The number of aromatic hydroxyl groups is 1. The molecule has 1 N–H and O–H groups in total. The molecule has 0 saturated carbocycles. The van der Waals surface area contributed by atoms with E-state index in [2.05, 4.69) is 6.58 Å². The highest BCUT2D eigenvalue weighted by molar-refractivity contribution is 6.31. The van der Waals surface area contributed by atoms with Gasteiger partial charge in [0.15, 0.2) is 11.6 Å². The number of ketones is 2. The summed E-state index contributed by atoms with van der Waals surface area (Å²) in [7, 11) is 0. The Kier molecular flexibility index (Phi) is 5.18. The third-order valence-corrected chi connectivity index (χ3v) is 6.99. The fourth-order valence-corrected chi connectivity index (χ4v) is 5.55. The van der Waals surface area contributed by atoms with Gasteiger partial charge in [-0.3, -0.25) is 9.59 Å². The predicted molar refractivity (Wildman–Crippen MR) is 130 cm³/mol. The molecule has 33 heavy (non-hydrogen) atoms. The molecule has 0 amide bonds. The van der Waals surface area contributed by atoms with Gasteiger partial charge in [0.2, 0.25) is 0 Å². The molecule has 0 aliphatic heterocycles. The van der Waals surface area contributed by atoms with Gasteiger partial charge in [-0.25, -0.2) is 0 Å². The van der Waals surface area contributed by atoms with Crippen LogP contribution in [0.25, 0.3) is 5.57 Å². The van der Waals surface area contributed by atoms with E-state index >= 15 is 0 Å². The van der Waals surface area contributed by atoms with Gasteiger partial charge >= 0.3 is 0 Å². The summed E-state index contributed by atoms with van der Waals surface area (Å²) >= 11 is 0. The average molecular weight is 433 g/mol. The Hall–Kier alpha value is -3.98. The van der Waals surface area contributed by atoms with Crippen LogP contribution in [0, 0.1) is 5.92 Å². The third-order valence-electron chi connectivity index (χ3n) is 6.99. The number of benzene rings is 3. The molecular formula is C30H24O3. The van der Waals surface area contributed by atoms with Gasteiger partial charge in [0, 0.05) is 17.4 Å². The zero-order chi connectivity index (χ0) is 23.0. The molecule has 3 aromatic carbocycles. The van der Waals surface area contributed by atoms with Crippen LogP contribution < -0.4 is 0 Å². The molecular weight excluding hydrogens is 408 g/mol. The summed E-state index contributed by atoms with van der Waals surface area (Å²) in [6.07, 6.45) is 5.82. The number of allylic oxidation sites excluding steroid dienone is 5. The van der Waals surface area contributed by atoms with Crippen LogP contribution in [-0.4, -0.2) is 16.7 Å². The Balaban J connectivity index is 1.80. The largest absolute Gasteiger partial charge is 0.508 e. The van der Waals surface area contributed by atoms with E-state index in [-0.39, 0.29) is 17.3 Å². The van der Waals surface area contributed by atoms with Gasteiger partial charge < -0.3 is 5.11 Å². The lowest BCUT2D eigenvalue weighted by molar-refractivity contribution is -0.131. The van der Waals surface area contributed by atoms with Gasteiger partial charge in [-0.05, 0) is 46.9 Å². The highest BCUT2D eigenvalue weighted by atomic mass is 16.3. The van der Waals surface area contributed by atoms with Crippen LogP contribution in [0.1, 0.15) is 29.0 Å². The fourth-order valence-electron chi connectivity index (χ4n) is 5.55. The van der Waals surface area contributed by atoms with Crippen molar-refractivity contribution in [1.29, 1.82) is 0 Å². The van der Waals surface area contributed by atoms with Crippen molar-refractivity contribution in [2.24, 2.45) is 5.92 Å². The topological polar surface area (TPSA) is 54.4 Å². The molecule has 0 bridgehead atoms. The zero-order valence-corrected chi connectivity index (χ0v) is 18.1. The number of phenolic OH excluding ortho intramolecular Hbond substituents is 1. The standard InChI is InChI=1S/C30H24O3/c1-2-20-15-18-26-29(33)25(21-9-5-3-6-10-21)19-27(32)30(26,23-11-7-4-8-12-23)28(20)22-13-16-24(31)17-14-22/h2-17,19,26,28,31H,1,18H2/t26-,28+,30-/m0/s1. The van der Waals surface area contributed by atoms with Crippen LogP contribution in [0.2, 0.25) is 0 Å².